The minimum atomic E-state index is -0.159. The van der Waals surface area contributed by atoms with Crippen molar-refractivity contribution in [2.24, 2.45) is 0 Å². The number of fused-ring (bicyclic) bond motifs is 1. The third-order valence-corrected chi connectivity index (χ3v) is 4.27. The Kier molecular flexibility index (Phi) is 5.29. The number of hydrogen-bond acceptors (Lipinski definition) is 6. The minimum Gasteiger partial charge on any atom is -0.376 e. The van der Waals surface area contributed by atoms with Crippen LogP contribution in [-0.4, -0.2) is 27.4 Å². The molecule has 2 heterocycles. The Hall–Kier alpha value is -4.00. The van der Waals surface area contributed by atoms with Gasteiger partial charge in [0.1, 0.15) is 5.52 Å². The fourth-order valence-electron chi connectivity index (χ4n) is 2.82. The number of para-hydroxylation sites is 2. The summed E-state index contributed by atoms with van der Waals surface area (Å²) in [6.07, 6.45) is 1.65. The van der Waals surface area contributed by atoms with Crippen LogP contribution in [-0.2, 0) is 4.79 Å². The molecule has 1 amide bonds. The molecule has 0 atom stereocenters. The van der Waals surface area contributed by atoms with Gasteiger partial charge in [0.15, 0.2) is 11.5 Å². The first-order valence-corrected chi connectivity index (χ1v) is 9.22. The molecule has 0 aliphatic heterocycles. The maximum absolute atomic E-state index is 12.3. The fourth-order valence-corrected chi connectivity index (χ4v) is 2.82. The first-order valence-electron chi connectivity index (χ1n) is 9.22. The van der Waals surface area contributed by atoms with Gasteiger partial charge in [-0.15, -0.1) is 0 Å². The minimum absolute atomic E-state index is 0.159. The highest BCUT2D eigenvalue weighted by Gasteiger charge is 2.10. The summed E-state index contributed by atoms with van der Waals surface area (Å²) in [7, 11) is 0. The number of carbonyl (C=O) groups excluding carboxylic acids is 1. The molecular weight excluding hydrogens is 364 g/mol. The van der Waals surface area contributed by atoms with Crippen LogP contribution < -0.4 is 16.0 Å². The molecular formula is C22H20N6O. The molecule has 2 aromatic heterocycles. The smallest absolute Gasteiger partial charge is 0.243 e. The van der Waals surface area contributed by atoms with Crippen LogP contribution in [0.15, 0.2) is 72.9 Å². The molecule has 7 nitrogen and oxygen atoms in total. The van der Waals surface area contributed by atoms with E-state index in [1.54, 1.807) is 12.3 Å². The Morgan fingerprint density at radius 1 is 0.931 bits per heavy atom. The molecule has 7 heteroatoms. The van der Waals surface area contributed by atoms with Crippen LogP contribution in [0.5, 0.6) is 0 Å². The summed E-state index contributed by atoms with van der Waals surface area (Å²) in [5, 5.41) is 9.17. The number of anilines is 4. The van der Waals surface area contributed by atoms with E-state index in [0.29, 0.717) is 28.4 Å². The van der Waals surface area contributed by atoms with Crippen LogP contribution in [0.3, 0.4) is 0 Å². The number of aromatic nitrogens is 3. The molecule has 0 spiro atoms. The Morgan fingerprint density at radius 2 is 1.62 bits per heavy atom. The predicted molar refractivity (Wildman–Crippen MR) is 115 cm³/mol. The van der Waals surface area contributed by atoms with Gasteiger partial charge < -0.3 is 16.0 Å². The van der Waals surface area contributed by atoms with Gasteiger partial charge in [0.25, 0.3) is 0 Å². The summed E-state index contributed by atoms with van der Waals surface area (Å²) in [4.78, 5) is 25.7. The van der Waals surface area contributed by atoms with Crippen LogP contribution in [0.2, 0.25) is 0 Å². The molecule has 0 bridgehead atoms. The van der Waals surface area contributed by atoms with E-state index in [2.05, 4.69) is 30.9 Å². The highest BCUT2D eigenvalue weighted by Crippen LogP contribution is 2.20. The summed E-state index contributed by atoms with van der Waals surface area (Å²) in [6.45, 7) is 1.99. The van der Waals surface area contributed by atoms with Crippen LogP contribution >= 0.6 is 0 Å². The summed E-state index contributed by atoms with van der Waals surface area (Å²) in [6, 6.07) is 21.1. The fraction of sp³-hybridized carbons (Fsp3) is 0.0909. The van der Waals surface area contributed by atoms with Crippen LogP contribution in [0.1, 0.15) is 5.69 Å². The molecule has 0 radical (unpaired) electrons. The lowest BCUT2D eigenvalue weighted by atomic mass is 10.2. The van der Waals surface area contributed by atoms with Gasteiger partial charge in [0, 0.05) is 11.4 Å². The molecule has 3 N–H and O–H groups in total. The van der Waals surface area contributed by atoms with E-state index in [-0.39, 0.29) is 12.5 Å². The monoisotopic (exact) mass is 384 g/mol. The molecule has 0 saturated carbocycles. The number of pyridine rings is 1. The summed E-state index contributed by atoms with van der Waals surface area (Å²) in [5.41, 5.74) is 4.24. The second-order valence-electron chi connectivity index (χ2n) is 6.48. The molecule has 4 rings (SSSR count). The highest BCUT2D eigenvalue weighted by atomic mass is 16.1. The second-order valence-corrected chi connectivity index (χ2v) is 6.48. The zero-order chi connectivity index (χ0) is 20.1. The summed E-state index contributed by atoms with van der Waals surface area (Å²) in [5.74, 6) is 0.452. The van der Waals surface area contributed by atoms with Crippen LogP contribution in [0.4, 0.5) is 22.9 Å². The standard InChI is InChI=1S/C22H20N6O/c1-15-18(27-21(29)14-23-16-8-4-2-5-9-16)12-19-22(25-15)28-20(13-24-19)26-17-10-6-3-7-11-17/h2-13,23H,14H2,1H3,(H,27,29)(H,25,26,28). The second kappa shape index (κ2) is 8.35. The van der Waals surface area contributed by atoms with Crippen molar-refractivity contribution in [2.45, 2.75) is 6.92 Å². The number of hydrogen-bond donors (Lipinski definition) is 3. The molecule has 0 aliphatic rings. The van der Waals surface area contributed by atoms with Gasteiger partial charge in [-0.2, -0.15) is 0 Å². The largest absolute Gasteiger partial charge is 0.376 e. The van der Waals surface area contributed by atoms with E-state index in [9.17, 15) is 4.79 Å². The normalized spacial score (nSPS) is 10.5. The number of benzene rings is 2. The first kappa shape index (κ1) is 18.4. The van der Waals surface area contributed by atoms with E-state index >= 15 is 0 Å². The van der Waals surface area contributed by atoms with E-state index in [4.69, 9.17) is 0 Å². The average molecular weight is 384 g/mol. The number of nitrogens with one attached hydrogen (secondary N) is 3. The lowest BCUT2D eigenvalue weighted by molar-refractivity contribution is -0.114. The van der Waals surface area contributed by atoms with Gasteiger partial charge in [-0.1, -0.05) is 36.4 Å². The zero-order valence-corrected chi connectivity index (χ0v) is 15.9. The molecule has 0 aliphatic carbocycles. The quantitative estimate of drug-likeness (QED) is 0.463. The zero-order valence-electron chi connectivity index (χ0n) is 15.9. The number of aryl methyl sites for hydroxylation is 1. The van der Waals surface area contributed by atoms with Crippen LogP contribution in [0, 0.1) is 6.92 Å². The van der Waals surface area contributed by atoms with Crippen LogP contribution in [0.25, 0.3) is 11.2 Å². The van der Waals surface area contributed by atoms with Crippen molar-refractivity contribution in [3.63, 3.8) is 0 Å². The lowest BCUT2D eigenvalue weighted by Crippen LogP contribution is -2.22. The van der Waals surface area contributed by atoms with Gasteiger partial charge >= 0.3 is 0 Å². The van der Waals surface area contributed by atoms with Crippen molar-refractivity contribution >= 4 is 40.0 Å². The van der Waals surface area contributed by atoms with E-state index in [1.165, 1.54) is 0 Å². The molecule has 29 heavy (non-hydrogen) atoms. The van der Waals surface area contributed by atoms with Gasteiger partial charge in [-0.3, -0.25) is 4.79 Å². The molecule has 144 valence electrons. The third-order valence-electron chi connectivity index (χ3n) is 4.27. The Morgan fingerprint density at radius 3 is 2.34 bits per heavy atom. The van der Waals surface area contributed by atoms with E-state index < -0.39 is 0 Å². The van der Waals surface area contributed by atoms with Crippen molar-refractivity contribution in [1.29, 1.82) is 0 Å². The Balaban J connectivity index is 1.47. The van der Waals surface area contributed by atoms with Gasteiger partial charge in [0.05, 0.1) is 24.1 Å². The Labute approximate surface area is 168 Å². The van der Waals surface area contributed by atoms with Crippen molar-refractivity contribution in [2.75, 3.05) is 22.5 Å². The number of amides is 1. The number of carbonyl (C=O) groups is 1. The lowest BCUT2D eigenvalue weighted by Gasteiger charge is -2.11. The molecule has 0 unspecified atom stereocenters. The molecule has 4 aromatic rings. The summed E-state index contributed by atoms with van der Waals surface area (Å²) < 4.78 is 0. The van der Waals surface area contributed by atoms with Gasteiger partial charge in [-0.05, 0) is 37.3 Å². The molecule has 0 saturated heterocycles. The highest BCUT2D eigenvalue weighted by molar-refractivity contribution is 5.95. The van der Waals surface area contributed by atoms with Crippen molar-refractivity contribution < 1.29 is 4.79 Å². The van der Waals surface area contributed by atoms with E-state index in [1.807, 2.05) is 67.6 Å². The molecule has 2 aromatic carbocycles. The SMILES string of the molecule is Cc1nc2nc(Nc3ccccc3)cnc2cc1NC(=O)CNc1ccccc1. The average Bonchev–Trinajstić information content (AvgIpc) is 2.74. The van der Waals surface area contributed by atoms with Crippen molar-refractivity contribution in [1.82, 2.24) is 15.0 Å². The predicted octanol–water partition coefficient (Wildman–Crippen LogP) is 4.13. The number of rotatable bonds is 6. The maximum Gasteiger partial charge on any atom is 0.243 e. The third kappa shape index (κ3) is 4.65. The van der Waals surface area contributed by atoms with Gasteiger partial charge in [-0.25, -0.2) is 15.0 Å². The topological polar surface area (TPSA) is 91.8 Å². The van der Waals surface area contributed by atoms with Crippen molar-refractivity contribution in [3.8, 4) is 0 Å². The molecule has 0 fully saturated rings. The summed E-state index contributed by atoms with van der Waals surface area (Å²) >= 11 is 0. The maximum atomic E-state index is 12.3. The first-order chi connectivity index (χ1) is 14.2. The van der Waals surface area contributed by atoms with E-state index in [0.717, 1.165) is 11.4 Å². The van der Waals surface area contributed by atoms with Crippen molar-refractivity contribution in [3.05, 3.63) is 78.6 Å². The number of nitrogens with zero attached hydrogens (tertiary/aromatic N) is 3. The Bertz CT molecular complexity index is 1130. The van der Waals surface area contributed by atoms with Gasteiger partial charge in [0.2, 0.25) is 5.91 Å².